The highest BCUT2D eigenvalue weighted by Gasteiger charge is 2.30. The molecule has 1 amide bonds. The van der Waals surface area contributed by atoms with Crippen LogP contribution in [0.3, 0.4) is 0 Å². The summed E-state index contributed by atoms with van der Waals surface area (Å²) < 4.78 is 10.5. The Bertz CT molecular complexity index is 1480. The summed E-state index contributed by atoms with van der Waals surface area (Å²) in [6, 6.07) is 30.6. The molecule has 0 aliphatic carbocycles. The summed E-state index contributed by atoms with van der Waals surface area (Å²) in [5.74, 6) is 1.20. The molecule has 0 fully saturated rings. The highest BCUT2D eigenvalue weighted by atomic mass is 35.5. The van der Waals surface area contributed by atoms with E-state index in [0.29, 0.717) is 16.3 Å². The van der Waals surface area contributed by atoms with Crippen molar-refractivity contribution in [2.45, 2.75) is 12.5 Å². The van der Waals surface area contributed by atoms with E-state index < -0.39 is 0 Å². The number of hydrogen-bond donors (Lipinski definition) is 1. The number of nitrogens with zero attached hydrogens (tertiary/aromatic N) is 3. The molecule has 8 heteroatoms. The zero-order valence-electron chi connectivity index (χ0n) is 21.5. The molecule has 196 valence electrons. The van der Waals surface area contributed by atoms with E-state index in [4.69, 9.17) is 26.2 Å². The van der Waals surface area contributed by atoms with Crippen LogP contribution < -0.4 is 19.9 Å². The van der Waals surface area contributed by atoms with Crippen molar-refractivity contribution < 1.29 is 14.3 Å². The highest BCUT2D eigenvalue weighted by Crippen LogP contribution is 2.37. The molecular formula is C31H27ClN4O3. The predicted octanol–water partition coefficient (Wildman–Crippen LogP) is 6.48. The molecule has 4 aromatic rings. The van der Waals surface area contributed by atoms with Crippen LogP contribution in [0, 0.1) is 0 Å². The lowest BCUT2D eigenvalue weighted by molar-refractivity contribution is 0.0955. The molecule has 1 atom stereocenters. The first kappa shape index (κ1) is 26.0. The molecule has 7 nitrogen and oxygen atoms in total. The number of benzene rings is 4. The average molecular weight is 539 g/mol. The molecule has 5 rings (SSSR count). The van der Waals surface area contributed by atoms with Gasteiger partial charge >= 0.3 is 0 Å². The van der Waals surface area contributed by atoms with Gasteiger partial charge in [-0.2, -0.15) is 10.2 Å². The summed E-state index contributed by atoms with van der Waals surface area (Å²) in [5, 5.41) is 11.8. The molecule has 0 bridgehead atoms. The van der Waals surface area contributed by atoms with Crippen LogP contribution in [-0.2, 0) is 0 Å². The number of methoxy groups -OCH3 is 2. The third-order valence-electron chi connectivity index (χ3n) is 6.48. The van der Waals surface area contributed by atoms with Gasteiger partial charge in [-0.3, -0.25) is 9.80 Å². The Labute approximate surface area is 232 Å². The van der Waals surface area contributed by atoms with Crippen LogP contribution in [0.2, 0.25) is 5.02 Å². The molecule has 0 spiro atoms. The molecule has 0 saturated heterocycles. The van der Waals surface area contributed by atoms with Crippen LogP contribution >= 0.6 is 11.6 Å². The standard InChI is InChI=1S/C31H27ClN4O3/c1-38-27-15-7-23(8-16-27)30-19-29(22-5-11-25(32)12-6-22)35-36(30)26-13-3-21(4-14-26)20-33-34-31(37)24-9-17-28(39-2)18-10-24/h3-18,20,30H,19H2,1-2H3,(H,34,37). The molecular weight excluding hydrogens is 512 g/mol. The number of hydrazone groups is 2. The lowest BCUT2D eigenvalue weighted by Crippen LogP contribution is -2.18. The van der Waals surface area contributed by atoms with Crippen LogP contribution in [0.5, 0.6) is 11.5 Å². The van der Waals surface area contributed by atoms with Gasteiger partial charge in [0.2, 0.25) is 0 Å². The van der Waals surface area contributed by atoms with E-state index in [1.165, 1.54) is 0 Å². The molecule has 0 radical (unpaired) electrons. The second-order valence-corrected chi connectivity index (χ2v) is 9.35. The van der Waals surface area contributed by atoms with Crippen LogP contribution in [0.4, 0.5) is 5.69 Å². The second kappa shape index (κ2) is 11.8. The summed E-state index contributed by atoms with van der Waals surface area (Å²) in [6.45, 7) is 0. The van der Waals surface area contributed by atoms with Crippen molar-refractivity contribution in [2.24, 2.45) is 10.2 Å². The summed E-state index contributed by atoms with van der Waals surface area (Å²) in [5.41, 5.74) is 8.00. The van der Waals surface area contributed by atoms with Gasteiger partial charge in [-0.25, -0.2) is 5.43 Å². The van der Waals surface area contributed by atoms with E-state index >= 15 is 0 Å². The molecule has 1 N–H and O–H groups in total. The minimum absolute atomic E-state index is 0.0184. The first-order chi connectivity index (χ1) is 19.0. The molecule has 4 aromatic carbocycles. The number of halogens is 1. The fourth-order valence-corrected chi connectivity index (χ4v) is 4.46. The smallest absolute Gasteiger partial charge is 0.271 e. The lowest BCUT2D eigenvalue weighted by atomic mass is 9.98. The van der Waals surface area contributed by atoms with Crippen LogP contribution in [0.15, 0.2) is 107 Å². The number of carbonyl (C=O) groups excluding carboxylic acids is 1. The maximum Gasteiger partial charge on any atom is 0.271 e. The van der Waals surface area contributed by atoms with Crippen molar-refractivity contribution in [3.05, 3.63) is 124 Å². The van der Waals surface area contributed by atoms with Gasteiger partial charge < -0.3 is 9.47 Å². The largest absolute Gasteiger partial charge is 0.497 e. The zero-order chi connectivity index (χ0) is 27.2. The van der Waals surface area contributed by atoms with Gasteiger partial charge in [0.15, 0.2) is 0 Å². The van der Waals surface area contributed by atoms with Gasteiger partial charge in [0.1, 0.15) is 11.5 Å². The summed E-state index contributed by atoms with van der Waals surface area (Å²) in [4.78, 5) is 12.3. The van der Waals surface area contributed by atoms with E-state index in [1.807, 2.05) is 65.7 Å². The second-order valence-electron chi connectivity index (χ2n) is 8.91. The van der Waals surface area contributed by atoms with Crippen LogP contribution in [0.1, 0.15) is 39.5 Å². The molecule has 1 aliphatic heterocycles. The molecule has 1 unspecified atom stereocenters. The maximum absolute atomic E-state index is 12.3. The van der Waals surface area contributed by atoms with Gasteiger partial charge in [0.05, 0.1) is 37.9 Å². The summed E-state index contributed by atoms with van der Waals surface area (Å²) in [6.07, 6.45) is 2.35. The minimum Gasteiger partial charge on any atom is -0.497 e. The minimum atomic E-state index is -0.297. The van der Waals surface area contributed by atoms with Gasteiger partial charge in [0.25, 0.3) is 5.91 Å². The van der Waals surface area contributed by atoms with Crippen molar-refractivity contribution in [1.29, 1.82) is 0 Å². The summed E-state index contributed by atoms with van der Waals surface area (Å²) in [7, 11) is 3.24. The van der Waals surface area contributed by atoms with Crippen molar-refractivity contribution in [3.8, 4) is 11.5 Å². The van der Waals surface area contributed by atoms with Gasteiger partial charge in [-0.05, 0) is 77.4 Å². The van der Waals surface area contributed by atoms with Gasteiger partial charge in [0, 0.05) is 17.0 Å². The number of nitrogens with one attached hydrogen (secondary N) is 1. The number of rotatable bonds is 8. The van der Waals surface area contributed by atoms with E-state index in [-0.39, 0.29) is 11.9 Å². The van der Waals surface area contributed by atoms with E-state index in [2.05, 4.69) is 22.7 Å². The van der Waals surface area contributed by atoms with Crippen molar-refractivity contribution in [2.75, 3.05) is 19.2 Å². The molecule has 0 saturated carbocycles. The first-order valence-corrected chi connectivity index (χ1v) is 12.8. The number of ether oxygens (including phenoxy) is 2. The first-order valence-electron chi connectivity index (χ1n) is 12.4. The number of anilines is 1. The van der Waals surface area contributed by atoms with Gasteiger partial charge in [-0.15, -0.1) is 0 Å². The molecule has 1 aliphatic rings. The lowest BCUT2D eigenvalue weighted by Gasteiger charge is -2.24. The Kier molecular flexibility index (Phi) is 7.89. The third kappa shape index (κ3) is 6.10. The Morgan fingerprint density at radius 1 is 0.897 bits per heavy atom. The maximum atomic E-state index is 12.3. The number of carbonyl (C=O) groups is 1. The topological polar surface area (TPSA) is 75.5 Å². The van der Waals surface area contributed by atoms with E-state index in [0.717, 1.165) is 40.3 Å². The van der Waals surface area contributed by atoms with Gasteiger partial charge in [-0.1, -0.05) is 48.0 Å². The zero-order valence-corrected chi connectivity index (χ0v) is 22.3. The Morgan fingerprint density at radius 2 is 1.51 bits per heavy atom. The van der Waals surface area contributed by atoms with E-state index in [9.17, 15) is 4.79 Å². The fraction of sp³-hybridized carbons (Fsp3) is 0.129. The summed E-state index contributed by atoms with van der Waals surface area (Å²) >= 11 is 6.11. The predicted molar refractivity (Wildman–Crippen MR) is 155 cm³/mol. The quantitative estimate of drug-likeness (QED) is 0.206. The van der Waals surface area contributed by atoms with Crippen molar-refractivity contribution >= 4 is 35.1 Å². The molecule has 1 heterocycles. The highest BCUT2D eigenvalue weighted by molar-refractivity contribution is 6.30. The molecule has 0 aromatic heterocycles. The SMILES string of the molecule is COc1ccc(C(=O)NN=Cc2ccc(N3N=C(c4ccc(Cl)cc4)CC3c3ccc(OC)cc3)cc2)cc1. The monoisotopic (exact) mass is 538 g/mol. The number of hydrogen-bond acceptors (Lipinski definition) is 6. The third-order valence-corrected chi connectivity index (χ3v) is 6.73. The fourth-order valence-electron chi connectivity index (χ4n) is 4.34. The average Bonchev–Trinajstić information content (AvgIpc) is 3.43. The Hall–Kier alpha value is -4.62. The Morgan fingerprint density at radius 3 is 2.13 bits per heavy atom. The van der Waals surface area contributed by atoms with Crippen LogP contribution in [-0.4, -0.2) is 32.1 Å². The van der Waals surface area contributed by atoms with E-state index in [1.54, 1.807) is 44.7 Å². The number of amides is 1. The normalized spacial score (nSPS) is 14.8. The Balaban J connectivity index is 1.33. The van der Waals surface area contributed by atoms with Crippen LogP contribution in [0.25, 0.3) is 0 Å². The van der Waals surface area contributed by atoms with Crippen molar-refractivity contribution in [1.82, 2.24) is 5.43 Å². The molecule has 39 heavy (non-hydrogen) atoms. The van der Waals surface area contributed by atoms with Crippen molar-refractivity contribution in [3.63, 3.8) is 0 Å².